The van der Waals surface area contributed by atoms with Crippen LogP contribution < -0.4 is 5.73 Å². The Labute approximate surface area is 198 Å². The van der Waals surface area contributed by atoms with Crippen molar-refractivity contribution in [3.63, 3.8) is 0 Å². The highest BCUT2D eigenvalue weighted by Crippen LogP contribution is 2.60. The van der Waals surface area contributed by atoms with Gasteiger partial charge >= 0.3 is 5.97 Å². The number of ether oxygens (including phenoxy) is 1. The number of halogens is 1. The highest BCUT2D eigenvalue weighted by molar-refractivity contribution is 5.75. The Morgan fingerprint density at radius 1 is 1.33 bits per heavy atom. The lowest BCUT2D eigenvalue weighted by Crippen LogP contribution is -2.49. The number of carbonyl (C=O) groups is 1. The van der Waals surface area contributed by atoms with E-state index in [1.165, 1.54) is 37.9 Å². The minimum Gasteiger partial charge on any atom is -0.462 e. The highest BCUT2D eigenvalue weighted by Gasteiger charge is 2.58. The first-order chi connectivity index (χ1) is 15.9. The molecule has 2 unspecified atom stereocenters. The molecule has 33 heavy (non-hydrogen) atoms. The Kier molecular flexibility index (Phi) is 8.19. The summed E-state index contributed by atoms with van der Waals surface area (Å²) in [6, 6.07) is 6.68. The monoisotopic (exact) mass is 449 g/mol. The fourth-order valence-electron chi connectivity index (χ4n) is 6.46. The zero-order chi connectivity index (χ0) is 24.0. The van der Waals surface area contributed by atoms with Gasteiger partial charge in [-0.05, 0) is 85.4 Å². The molecule has 0 aromatic heterocycles. The van der Waals surface area contributed by atoms with Gasteiger partial charge in [-0.25, -0.2) is 4.39 Å². The molecule has 0 amide bonds. The summed E-state index contributed by atoms with van der Waals surface area (Å²) >= 11 is 0. The summed E-state index contributed by atoms with van der Waals surface area (Å²) in [6.45, 7) is 4.48. The standard InChI is InChI=1S/C27H34FNO2.C2H2/c1-18-25-23(26(30)31-18)17-21-11-3-4-14-27(21,2)24(25)13-6-8-19(10-7-15-29)20-9-5-12-22(28)16-20;1-2/h5-7,9-10,12-13,15-16,18,21,23-25H,3-4,8,11,14,17,29H2,1-2H3;1-2H/b13-6+,15-7-,19-10+;/t18-,21+,23?,24-,25-,27?;/m1./s1. The fraction of sp³-hybridized carbons (Fsp3) is 0.483. The number of esters is 1. The second-order valence-electron chi connectivity index (χ2n) is 9.76. The number of rotatable bonds is 5. The van der Waals surface area contributed by atoms with Gasteiger partial charge < -0.3 is 10.5 Å². The van der Waals surface area contributed by atoms with Crippen molar-refractivity contribution in [3.8, 4) is 12.8 Å². The Bertz CT molecular complexity index is 946. The van der Waals surface area contributed by atoms with Crippen molar-refractivity contribution in [2.75, 3.05) is 0 Å². The molecule has 0 bridgehead atoms. The van der Waals surface area contributed by atoms with Crippen molar-refractivity contribution >= 4 is 11.5 Å². The summed E-state index contributed by atoms with van der Waals surface area (Å²) in [5, 5.41) is 0. The van der Waals surface area contributed by atoms with E-state index in [9.17, 15) is 9.18 Å². The average Bonchev–Trinajstić information content (AvgIpc) is 3.09. The number of nitrogens with two attached hydrogens (primary N) is 1. The molecule has 4 heteroatoms. The number of benzene rings is 1. The molecule has 2 N–H and O–H groups in total. The van der Waals surface area contributed by atoms with Gasteiger partial charge in [0.2, 0.25) is 0 Å². The van der Waals surface area contributed by atoms with Crippen molar-refractivity contribution in [2.45, 2.75) is 58.5 Å². The molecule has 1 aromatic carbocycles. The van der Waals surface area contributed by atoms with E-state index in [1.807, 2.05) is 12.1 Å². The molecule has 3 fully saturated rings. The predicted molar refractivity (Wildman–Crippen MR) is 132 cm³/mol. The first-order valence-corrected chi connectivity index (χ1v) is 12.0. The molecule has 1 aliphatic heterocycles. The van der Waals surface area contributed by atoms with E-state index in [2.05, 4.69) is 38.8 Å². The number of hydrogen-bond acceptors (Lipinski definition) is 3. The van der Waals surface area contributed by atoms with Gasteiger partial charge in [-0.1, -0.05) is 50.1 Å². The minimum absolute atomic E-state index is 0.00282. The third kappa shape index (κ3) is 5.08. The van der Waals surface area contributed by atoms with Crippen LogP contribution in [-0.2, 0) is 9.53 Å². The maximum absolute atomic E-state index is 13.8. The molecule has 6 atom stereocenters. The van der Waals surface area contributed by atoms with E-state index in [0.717, 1.165) is 17.6 Å². The number of carbonyl (C=O) groups excluding carboxylic acids is 1. The van der Waals surface area contributed by atoms with Crippen LogP contribution in [-0.4, -0.2) is 12.1 Å². The van der Waals surface area contributed by atoms with E-state index in [-0.39, 0.29) is 35.1 Å². The number of allylic oxidation sites excluding steroid dienone is 5. The van der Waals surface area contributed by atoms with Crippen LogP contribution in [0.3, 0.4) is 0 Å². The van der Waals surface area contributed by atoms with Crippen LogP contribution in [0.25, 0.3) is 5.57 Å². The maximum atomic E-state index is 13.8. The third-order valence-electron chi connectivity index (χ3n) is 8.06. The van der Waals surface area contributed by atoms with Gasteiger partial charge in [-0.2, -0.15) is 0 Å². The zero-order valence-corrected chi connectivity index (χ0v) is 19.8. The van der Waals surface area contributed by atoms with Crippen LogP contribution >= 0.6 is 0 Å². The first-order valence-electron chi connectivity index (χ1n) is 12.0. The Balaban J connectivity index is 0.00000149. The minimum atomic E-state index is -0.243. The molecule has 3 nitrogen and oxygen atoms in total. The SMILES string of the molecule is C#C.C[C@H]1OC(=O)C2C[C@@H]3CCCCC3(C)[C@H](/C=C/C/C(=C\C=C/N)c3cccc(F)c3)[C@@H]21. The van der Waals surface area contributed by atoms with Crippen molar-refractivity contribution in [1.29, 1.82) is 0 Å². The average molecular weight is 450 g/mol. The molecule has 2 aliphatic carbocycles. The number of terminal acetylenes is 1. The van der Waals surface area contributed by atoms with Gasteiger partial charge in [-0.3, -0.25) is 4.79 Å². The molecule has 2 saturated carbocycles. The van der Waals surface area contributed by atoms with Crippen LogP contribution in [0.2, 0.25) is 0 Å². The topological polar surface area (TPSA) is 52.3 Å². The van der Waals surface area contributed by atoms with E-state index in [1.54, 1.807) is 18.2 Å². The molecular weight excluding hydrogens is 413 g/mol. The van der Waals surface area contributed by atoms with Crippen LogP contribution in [0.4, 0.5) is 4.39 Å². The van der Waals surface area contributed by atoms with Crippen LogP contribution in [0.5, 0.6) is 0 Å². The number of hydrogen-bond donors (Lipinski definition) is 1. The Morgan fingerprint density at radius 2 is 2.12 bits per heavy atom. The molecule has 176 valence electrons. The van der Waals surface area contributed by atoms with Crippen molar-refractivity contribution in [1.82, 2.24) is 0 Å². The van der Waals surface area contributed by atoms with Gasteiger partial charge in [0.25, 0.3) is 0 Å². The summed E-state index contributed by atoms with van der Waals surface area (Å²) in [5.41, 5.74) is 7.63. The highest BCUT2D eigenvalue weighted by atomic mass is 19.1. The Morgan fingerprint density at radius 3 is 2.85 bits per heavy atom. The normalized spacial score (nSPS) is 33.8. The lowest BCUT2D eigenvalue weighted by atomic mass is 9.49. The molecule has 3 aliphatic rings. The van der Waals surface area contributed by atoms with Gasteiger partial charge in [-0.15, -0.1) is 12.8 Å². The molecule has 4 rings (SSSR count). The van der Waals surface area contributed by atoms with Gasteiger partial charge in [0.05, 0.1) is 5.92 Å². The van der Waals surface area contributed by atoms with E-state index in [0.29, 0.717) is 18.3 Å². The summed E-state index contributed by atoms with van der Waals surface area (Å²) in [6.07, 6.45) is 24.3. The van der Waals surface area contributed by atoms with E-state index >= 15 is 0 Å². The lowest BCUT2D eigenvalue weighted by Gasteiger charge is -2.53. The van der Waals surface area contributed by atoms with Crippen molar-refractivity contribution in [2.24, 2.45) is 34.8 Å². The molecule has 1 heterocycles. The second-order valence-corrected chi connectivity index (χ2v) is 9.76. The molecular formula is C29H36FNO2. The van der Waals surface area contributed by atoms with Gasteiger partial charge in [0.1, 0.15) is 11.9 Å². The van der Waals surface area contributed by atoms with Gasteiger partial charge in [0, 0.05) is 5.92 Å². The third-order valence-corrected chi connectivity index (χ3v) is 8.06. The zero-order valence-electron chi connectivity index (χ0n) is 19.8. The maximum Gasteiger partial charge on any atom is 0.309 e. The fourth-order valence-corrected chi connectivity index (χ4v) is 6.46. The molecule has 1 aromatic rings. The summed E-state index contributed by atoms with van der Waals surface area (Å²) in [7, 11) is 0. The van der Waals surface area contributed by atoms with Gasteiger partial charge in [0.15, 0.2) is 0 Å². The number of fused-ring (bicyclic) bond motifs is 2. The lowest BCUT2D eigenvalue weighted by molar-refractivity contribution is -0.144. The van der Waals surface area contributed by atoms with Crippen LogP contribution in [0.1, 0.15) is 57.9 Å². The smallest absolute Gasteiger partial charge is 0.309 e. The predicted octanol–water partition coefficient (Wildman–Crippen LogP) is 6.27. The van der Waals surface area contributed by atoms with E-state index in [4.69, 9.17) is 10.5 Å². The second kappa shape index (κ2) is 10.9. The summed E-state index contributed by atoms with van der Waals surface area (Å²) in [5.74, 6) is 0.919. The van der Waals surface area contributed by atoms with E-state index < -0.39 is 0 Å². The van der Waals surface area contributed by atoms with Crippen molar-refractivity contribution in [3.05, 3.63) is 66.2 Å². The largest absolute Gasteiger partial charge is 0.462 e. The molecule has 0 spiro atoms. The van der Waals surface area contributed by atoms with Crippen molar-refractivity contribution < 1.29 is 13.9 Å². The molecule has 1 saturated heterocycles. The quantitative estimate of drug-likeness (QED) is 0.249. The number of cyclic esters (lactones) is 1. The summed E-state index contributed by atoms with van der Waals surface area (Å²) < 4.78 is 19.5. The Hall–Kier alpha value is -2.80. The summed E-state index contributed by atoms with van der Waals surface area (Å²) in [4.78, 5) is 12.6. The molecule has 0 radical (unpaired) electrons. The first kappa shape index (κ1) is 24.8. The van der Waals surface area contributed by atoms with Crippen LogP contribution in [0.15, 0.2) is 54.8 Å². The van der Waals surface area contributed by atoms with Crippen LogP contribution in [0, 0.1) is 47.8 Å².